The van der Waals surface area contributed by atoms with Crippen LogP contribution in [0.1, 0.15) is 104 Å². The third-order valence-electron chi connectivity index (χ3n) is 11.1. The molecular formula is C42H45N5O2. The topological polar surface area (TPSA) is 81.7 Å². The molecule has 7 nitrogen and oxygen atoms in total. The van der Waals surface area contributed by atoms with Gasteiger partial charge >= 0.3 is 0 Å². The lowest BCUT2D eigenvalue weighted by Gasteiger charge is -2.27. The van der Waals surface area contributed by atoms with Crippen LogP contribution in [0.5, 0.6) is 0 Å². The molecule has 250 valence electrons. The van der Waals surface area contributed by atoms with E-state index in [0.29, 0.717) is 0 Å². The Morgan fingerprint density at radius 2 is 1.41 bits per heavy atom. The Hall–Kier alpha value is -4.78. The molecule has 2 saturated heterocycles. The quantitative estimate of drug-likeness (QED) is 0.195. The minimum Gasteiger partial charge on any atom is -0.340 e. The number of rotatable bonds is 7. The Labute approximate surface area is 289 Å². The Balaban J connectivity index is 0.943. The fraction of sp³-hybridized carbons (Fsp3) is 0.381. The van der Waals surface area contributed by atoms with Crippen LogP contribution < -0.4 is 0 Å². The first-order valence-electron chi connectivity index (χ1n) is 18.0. The lowest BCUT2D eigenvalue weighted by atomic mass is 9.83. The highest BCUT2D eigenvalue weighted by Crippen LogP contribution is 2.37. The number of aromatic nitrogens is 2. The summed E-state index contributed by atoms with van der Waals surface area (Å²) in [5, 5.41) is 0. The van der Waals surface area contributed by atoms with Gasteiger partial charge in [-0.15, -0.1) is 0 Å². The van der Waals surface area contributed by atoms with Crippen LogP contribution in [0.3, 0.4) is 0 Å². The zero-order valence-electron chi connectivity index (χ0n) is 28.8. The Bertz CT molecular complexity index is 1970. The van der Waals surface area contributed by atoms with Crippen LogP contribution in [0.2, 0.25) is 0 Å². The van der Waals surface area contributed by atoms with Crippen molar-refractivity contribution >= 4 is 23.1 Å². The van der Waals surface area contributed by atoms with Crippen molar-refractivity contribution in [1.29, 1.82) is 0 Å². The predicted octanol–water partition coefficient (Wildman–Crippen LogP) is 7.87. The lowest BCUT2D eigenvalue weighted by molar-refractivity contribution is -0.134. The van der Waals surface area contributed by atoms with Crippen molar-refractivity contribution in [3.8, 4) is 11.3 Å². The molecule has 2 amide bonds. The third-order valence-corrected chi connectivity index (χ3v) is 11.1. The smallest absolute Gasteiger partial charge is 0.230 e. The van der Waals surface area contributed by atoms with E-state index in [4.69, 9.17) is 9.98 Å². The van der Waals surface area contributed by atoms with E-state index < -0.39 is 0 Å². The van der Waals surface area contributed by atoms with E-state index in [1.807, 2.05) is 68.4 Å². The van der Waals surface area contributed by atoms with Crippen LogP contribution in [-0.2, 0) is 22.4 Å². The zero-order chi connectivity index (χ0) is 33.6. The molecule has 0 saturated carbocycles. The van der Waals surface area contributed by atoms with E-state index in [2.05, 4.69) is 46.3 Å². The number of aromatic amines is 1. The molecule has 8 rings (SSSR count). The molecule has 1 aliphatic carbocycles. The molecule has 4 aliphatic rings. The van der Waals surface area contributed by atoms with Crippen LogP contribution >= 0.6 is 0 Å². The molecule has 2 fully saturated rings. The van der Waals surface area contributed by atoms with Gasteiger partial charge in [0.25, 0.3) is 0 Å². The Morgan fingerprint density at radius 1 is 0.755 bits per heavy atom. The summed E-state index contributed by atoms with van der Waals surface area (Å²) in [5.74, 6) is 1.11. The maximum Gasteiger partial charge on any atom is 0.230 e. The monoisotopic (exact) mass is 651 g/mol. The van der Waals surface area contributed by atoms with Gasteiger partial charge in [-0.1, -0.05) is 74.5 Å². The number of fused-ring (bicyclic) bond motifs is 2. The molecule has 3 aliphatic heterocycles. The summed E-state index contributed by atoms with van der Waals surface area (Å²) in [6.07, 6.45) is 10.5. The summed E-state index contributed by atoms with van der Waals surface area (Å²) in [6.45, 7) is 7.58. The summed E-state index contributed by atoms with van der Waals surface area (Å²) in [5.41, 5.74) is 12.3. The van der Waals surface area contributed by atoms with Gasteiger partial charge in [0.05, 0.1) is 29.9 Å². The first kappa shape index (κ1) is 31.5. The number of amides is 2. The molecule has 3 aromatic carbocycles. The van der Waals surface area contributed by atoms with Crippen LogP contribution in [0.4, 0.5) is 0 Å². The molecule has 7 heteroatoms. The van der Waals surface area contributed by atoms with Crippen molar-refractivity contribution in [3.63, 3.8) is 0 Å². The first-order chi connectivity index (χ1) is 23.8. The van der Waals surface area contributed by atoms with Crippen LogP contribution in [0.15, 0.2) is 84.1 Å². The number of likely N-dealkylation sites (tertiary alicyclic amines) is 2. The van der Waals surface area contributed by atoms with Crippen molar-refractivity contribution in [2.24, 2.45) is 10.9 Å². The highest BCUT2D eigenvalue weighted by molar-refractivity contribution is 6.03. The fourth-order valence-corrected chi connectivity index (χ4v) is 8.34. The summed E-state index contributed by atoms with van der Waals surface area (Å²) in [4.78, 5) is 43.7. The average molecular weight is 652 g/mol. The van der Waals surface area contributed by atoms with Gasteiger partial charge in [-0.2, -0.15) is 0 Å². The van der Waals surface area contributed by atoms with E-state index in [0.717, 1.165) is 86.4 Å². The number of aliphatic imine (C=N–C) groups is 1. The third kappa shape index (κ3) is 5.94. The molecule has 3 atom stereocenters. The van der Waals surface area contributed by atoms with Gasteiger partial charge in [0.2, 0.25) is 11.8 Å². The van der Waals surface area contributed by atoms with Gasteiger partial charge in [0, 0.05) is 37.3 Å². The number of imidazole rings is 1. The molecule has 49 heavy (non-hydrogen) atoms. The number of H-pyrrole nitrogens is 1. The van der Waals surface area contributed by atoms with Gasteiger partial charge in [-0.25, -0.2) is 4.98 Å². The minimum atomic E-state index is -0.180. The molecule has 4 aromatic rings. The zero-order valence-corrected chi connectivity index (χ0v) is 28.8. The highest BCUT2D eigenvalue weighted by atomic mass is 16.2. The first-order valence-corrected chi connectivity index (χ1v) is 18.0. The van der Waals surface area contributed by atoms with Crippen molar-refractivity contribution in [3.05, 3.63) is 118 Å². The standard InChI is InChI=1S/C42H45N5O2/c1-26(2)41(48)46-17-7-11-38(46)36-23-35(24-43-36)31-14-13-29-20-34-22-32(16-15-30(34)19-33(29)21-31)37-25-44-40(45-37)39-12-8-18-47(39)42(49)27(3)28-9-5-4-6-10-28/h4-6,9-10,13-16,21-22,24-27,38-39H,7-8,11-12,17-20,23H2,1-3H3,(H,44,45)/t27-,38+,39+/m1/s1. The van der Waals surface area contributed by atoms with E-state index in [-0.39, 0.29) is 35.7 Å². The normalized spacial score (nSPS) is 20.7. The van der Waals surface area contributed by atoms with Gasteiger partial charge in [0.15, 0.2) is 0 Å². The van der Waals surface area contributed by atoms with Crippen molar-refractivity contribution in [2.75, 3.05) is 13.1 Å². The van der Waals surface area contributed by atoms with E-state index in [9.17, 15) is 9.59 Å². The summed E-state index contributed by atoms with van der Waals surface area (Å²) >= 11 is 0. The number of nitrogens with zero attached hydrogens (tertiary/aromatic N) is 4. The van der Waals surface area contributed by atoms with Crippen LogP contribution in [0, 0.1) is 5.92 Å². The van der Waals surface area contributed by atoms with Gasteiger partial charge in [-0.3, -0.25) is 14.6 Å². The summed E-state index contributed by atoms with van der Waals surface area (Å²) in [6, 6.07) is 23.8. The number of allylic oxidation sites excluding steroid dienone is 1. The molecular weight excluding hydrogens is 606 g/mol. The molecule has 1 aromatic heterocycles. The average Bonchev–Trinajstić information content (AvgIpc) is 3.96. The Morgan fingerprint density at radius 3 is 2.12 bits per heavy atom. The minimum absolute atomic E-state index is 0.0146. The van der Waals surface area contributed by atoms with Crippen LogP contribution in [-0.4, -0.2) is 56.4 Å². The number of hydrogen-bond donors (Lipinski definition) is 1. The van der Waals surface area contributed by atoms with E-state index in [1.54, 1.807) is 0 Å². The number of nitrogens with one attached hydrogen (secondary N) is 1. The number of carbonyl (C=O) groups excluding carboxylic acids is 2. The second kappa shape index (κ2) is 12.9. The summed E-state index contributed by atoms with van der Waals surface area (Å²) < 4.78 is 0. The molecule has 0 spiro atoms. The van der Waals surface area contributed by atoms with Gasteiger partial charge in [0.1, 0.15) is 5.82 Å². The molecule has 1 N–H and O–H groups in total. The van der Waals surface area contributed by atoms with E-state index in [1.165, 1.54) is 33.4 Å². The maximum absolute atomic E-state index is 13.5. The van der Waals surface area contributed by atoms with Crippen molar-refractivity contribution < 1.29 is 9.59 Å². The van der Waals surface area contributed by atoms with Crippen molar-refractivity contribution in [1.82, 2.24) is 19.8 Å². The maximum atomic E-state index is 13.5. The largest absolute Gasteiger partial charge is 0.340 e. The number of benzene rings is 3. The second-order valence-corrected chi connectivity index (χ2v) is 14.6. The van der Waals surface area contributed by atoms with Gasteiger partial charge < -0.3 is 14.8 Å². The highest BCUT2D eigenvalue weighted by Gasteiger charge is 2.36. The predicted molar refractivity (Wildman–Crippen MR) is 194 cm³/mol. The SMILES string of the molecule is CC(C)C(=O)N1CCC[C@H]1C1=NC=C(c2ccc3c(c2)Cc2ccc(-c4cnc([C@@H]5CCCN5C(=O)[C@H](C)c5ccccc5)[nH]4)cc2C3)C1. The Kier molecular flexibility index (Phi) is 8.30. The van der Waals surface area contributed by atoms with Gasteiger partial charge in [-0.05, 0) is 96.0 Å². The number of carbonyl (C=O) groups is 2. The molecule has 0 radical (unpaired) electrons. The molecule has 0 bridgehead atoms. The summed E-state index contributed by atoms with van der Waals surface area (Å²) in [7, 11) is 0. The molecule has 4 heterocycles. The van der Waals surface area contributed by atoms with Crippen molar-refractivity contribution in [2.45, 2.75) is 83.7 Å². The fourth-order valence-electron chi connectivity index (χ4n) is 8.34. The van der Waals surface area contributed by atoms with E-state index >= 15 is 0 Å². The second-order valence-electron chi connectivity index (χ2n) is 14.6. The van der Waals surface area contributed by atoms with Crippen LogP contribution in [0.25, 0.3) is 16.8 Å². The number of hydrogen-bond acceptors (Lipinski definition) is 4. The lowest BCUT2D eigenvalue weighted by Crippen LogP contribution is -2.42. The molecule has 0 unspecified atom stereocenters.